The molecular weight excluding hydrogens is 286 g/mol. The van der Waals surface area contributed by atoms with Gasteiger partial charge in [0.15, 0.2) is 0 Å². The van der Waals surface area contributed by atoms with Crippen molar-refractivity contribution < 1.29 is 9.53 Å². The quantitative estimate of drug-likeness (QED) is 0.669. The molecule has 4 fully saturated rings. The maximum absolute atomic E-state index is 11.8. The first-order valence-corrected chi connectivity index (χ1v) is 9.12. The van der Waals surface area contributed by atoms with E-state index in [1.165, 1.54) is 44.1 Å². The maximum atomic E-state index is 11.8. The second kappa shape index (κ2) is 5.54. The number of rotatable bonds is 4. The smallest absolute Gasteiger partial charge is 0.338 e. The van der Waals surface area contributed by atoms with Gasteiger partial charge in [0.25, 0.3) is 0 Å². The Kier molecular flexibility index (Phi) is 3.62. The highest BCUT2D eigenvalue weighted by molar-refractivity contribution is 5.90. The van der Waals surface area contributed by atoms with Crippen LogP contribution in [0.25, 0.3) is 0 Å². The van der Waals surface area contributed by atoms with Crippen LogP contribution in [-0.2, 0) is 11.2 Å². The molecule has 0 aromatic heterocycles. The lowest BCUT2D eigenvalue weighted by Gasteiger charge is -2.57. The van der Waals surface area contributed by atoms with Gasteiger partial charge in [0.2, 0.25) is 0 Å². The molecule has 1 aromatic carbocycles. The summed E-state index contributed by atoms with van der Waals surface area (Å²) in [5.74, 6) is 2.60. The molecule has 3 heteroatoms. The molecule has 0 unspecified atom stereocenters. The minimum Gasteiger partial charge on any atom is -0.462 e. The van der Waals surface area contributed by atoms with E-state index in [1.807, 2.05) is 13.0 Å². The van der Waals surface area contributed by atoms with Crippen molar-refractivity contribution in [3.8, 4) is 0 Å². The van der Waals surface area contributed by atoms with E-state index in [0.717, 1.165) is 29.9 Å². The van der Waals surface area contributed by atoms with E-state index >= 15 is 0 Å². The van der Waals surface area contributed by atoms with Crippen molar-refractivity contribution in [2.24, 2.45) is 23.2 Å². The summed E-state index contributed by atoms with van der Waals surface area (Å²) in [6.45, 7) is 2.22. The number of hydrogen-bond acceptors (Lipinski definition) is 3. The lowest BCUT2D eigenvalue weighted by atomic mass is 9.48. The molecule has 4 aliphatic carbocycles. The van der Waals surface area contributed by atoms with Crippen LogP contribution in [0.5, 0.6) is 0 Å². The average molecular weight is 313 g/mol. The van der Waals surface area contributed by atoms with Crippen molar-refractivity contribution in [2.45, 2.75) is 51.9 Å². The zero-order chi connectivity index (χ0) is 16.0. The van der Waals surface area contributed by atoms with Crippen molar-refractivity contribution in [1.29, 1.82) is 0 Å². The second-order valence-corrected chi connectivity index (χ2v) is 8.23. The van der Waals surface area contributed by atoms with E-state index < -0.39 is 0 Å². The minimum atomic E-state index is -0.277. The summed E-state index contributed by atoms with van der Waals surface area (Å²) in [6, 6.07) is 5.73. The summed E-state index contributed by atoms with van der Waals surface area (Å²) in [6.07, 6.45) is 9.66. The molecule has 3 nitrogen and oxygen atoms in total. The fourth-order valence-corrected chi connectivity index (χ4v) is 6.01. The zero-order valence-electron chi connectivity index (χ0n) is 14.0. The molecule has 0 saturated heterocycles. The third-order valence-electron chi connectivity index (χ3n) is 6.39. The number of nitrogen functional groups attached to an aromatic ring is 1. The minimum absolute atomic E-state index is 0.277. The summed E-state index contributed by atoms with van der Waals surface area (Å²) < 4.78 is 5.06. The van der Waals surface area contributed by atoms with E-state index in [4.69, 9.17) is 10.5 Å². The largest absolute Gasteiger partial charge is 0.462 e. The number of carbonyl (C=O) groups is 1. The fourth-order valence-electron chi connectivity index (χ4n) is 6.01. The van der Waals surface area contributed by atoms with Crippen molar-refractivity contribution in [3.63, 3.8) is 0 Å². The molecular formula is C20H27NO2. The Labute approximate surface area is 138 Å². The van der Waals surface area contributed by atoms with E-state index in [9.17, 15) is 4.79 Å². The van der Waals surface area contributed by atoms with Crippen molar-refractivity contribution in [2.75, 3.05) is 12.3 Å². The van der Waals surface area contributed by atoms with Crippen LogP contribution in [0.15, 0.2) is 18.2 Å². The van der Waals surface area contributed by atoms with E-state index in [1.54, 1.807) is 6.07 Å². The van der Waals surface area contributed by atoms with Gasteiger partial charge in [-0.05, 0) is 92.7 Å². The molecule has 4 saturated carbocycles. The Balaban J connectivity index is 1.54. The molecule has 23 heavy (non-hydrogen) atoms. The van der Waals surface area contributed by atoms with Gasteiger partial charge in [-0.25, -0.2) is 4.79 Å². The zero-order valence-corrected chi connectivity index (χ0v) is 14.0. The standard InChI is InChI=1S/C20H27NO2/c1-2-23-19(22)16-3-4-17(18(21)8-16)12-20-9-13-5-14(10-20)7-15(6-13)11-20/h3-4,8,13-15H,2,5-7,9-12,21H2,1H3. The number of carbonyl (C=O) groups excluding carboxylic acids is 1. The molecule has 0 aliphatic heterocycles. The van der Waals surface area contributed by atoms with Gasteiger partial charge in [0.1, 0.15) is 0 Å². The average Bonchev–Trinajstić information content (AvgIpc) is 2.48. The van der Waals surface area contributed by atoms with Crippen LogP contribution in [0, 0.1) is 23.2 Å². The first kappa shape index (κ1) is 15.0. The van der Waals surface area contributed by atoms with Gasteiger partial charge in [-0.1, -0.05) is 6.07 Å². The number of ether oxygens (including phenoxy) is 1. The van der Waals surface area contributed by atoms with E-state index in [-0.39, 0.29) is 5.97 Å². The molecule has 0 radical (unpaired) electrons. The lowest BCUT2D eigenvalue weighted by Crippen LogP contribution is -2.47. The number of esters is 1. The summed E-state index contributed by atoms with van der Waals surface area (Å²) in [5.41, 5.74) is 9.30. The third-order valence-corrected chi connectivity index (χ3v) is 6.39. The van der Waals surface area contributed by atoms with Crippen molar-refractivity contribution in [3.05, 3.63) is 29.3 Å². The summed E-state index contributed by atoms with van der Waals surface area (Å²) in [7, 11) is 0. The fraction of sp³-hybridized carbons (Fsp3) is 0.650. The Bertz CT molecular complexity index is 587. The van der Waals surface area contributed by atoms with Crippen molar-refractivity contribution >= 4 is 11.7 Å². The van der Waals surface area contributed by atoms with Crippen LogP contribution >= 0.6 is 0 Å². The topological polar surface area (TPSA) is 52.3 Å². The van der Waals surface area contributed by atoms with Gasteiger partial charge >= 0.3 is 5.97 Å². The highest BCUT2D eigenvalue weighted by Gasteiger charge is 2.50. The highest BCUT2D eigenvalue weighted by atomic mass is 16.5. The Morgan fingerprint density at radius 1 is 1.17 bits per heavy atom. The van der Waals surface area contributed by atoms with Gasteiger partial charge in [-0.15, -0.1) is 0 Å². The summed E-state index contributed by atoms with van der Waals surface area (Å²) in [4.78, 5) is 11.8. The van der Waals surface area contributed by atoms with Crippen LogP contribution in [0.2, 0.25) is 0 Å². The van der Waals surface area contributed by atoms with Gasteiger partial charge in [0, 0.05) is 5.69 Å². The van der Waals surface area contributed by atoms with Crippen molar-refractivity contribution in [1.82, 2.24) is 0 Å². The summed E-state index contributed by atoms with van der Waals surface area (Å²) in [5, 5.41) is 0. The molecule has 2 N–H and O–H groups in total. The lowest BCUT2D eigenvalue weighted by molar-refractivity contribution is -0.0521. The molecule has 4 bridgehead atoms. The first-order valence-electron chi connectivity index (χ1n) is 9.12. The monoisotopic (exact) mass is 313 g/mol. The molecule has 5 rings (SSSR count). The molecule has 0 heterocycles. The Morgan fingerprint density at radius 3 is 2.30 bits per heavy atom. The molecule has 4 aliphatic rings. The predicted molar refractivity (Wildman–Crippen MR) is 91.1 cm³/mol. The SMILES string of the molecule is CCOC(=O)c1ccc(CC23CC4CC(CC(C4)C2)C3)c(N)c1. The van der Waals surface area contributed by atoms with Crippen LogP contribution in [-0.4, -0.2) is 12.6 Å². The highest BCUT2D eigenvalue weighted by Crippen LogP contribution is 2.61. The molecule has 1 aromatic rings. The Morgan fingerprint density at radius 2 is 1.78 bits per heavy atom. The van der Waals surface area contributed by atoms with Gasteiger partial charge in [0.05, 0.1) is 12.2 Å². The van der Waals surface area contributed by atoms with E-state index in [2.05, 4.69) is 6.07 Å². The number of nitrogens with two attached hydrogens (primary N) is 1. The van der Waals surface area contributed by atoms with Gasteiger partial charge in [-0.3, -0.25) is 0 Å². The number of anilines is 1. The second-order valence-electron chi connectivity index (χ2n) is 8.23. The maximum Gasteiger partial charge on any atom is 0.338 e. The molecule has 0 spiro atoms. The van der Waals surface area contributed by atoms with E-state index in [0.29, 0.717) is 17.6 Å². The molecule has 124 valence electrons. The number of benzene rings is 1. The predicted octanol–water partition coefficient (Wildman–Crippen LogP) is 4.20. The van der Waals surface area contributed by atoms with Crippen LogP contribution in [0.3, 0.4) is 0 Å². The van der Waals surface area contributed by atoms with Gasteiger partial charge in [-0.2, -0.15) is 0 Å². The summed E-state index contributed by atoms with van der Waals surface area (Å²) >= 11 is 0. The first-order chi connectivity index (χ1) is 11.1. The van der Waals surface area contributed by atoms with Crippen LogP contribution in [0.4, 0.5) is 5.69 Å². The normalized spacial score (nSPS) is 34.6. The number of hydrogen-bond donors (Lipinski definition) is 1. The van der Waals surface area contributed by atoms with Gasteiger partial charge < -0.3 is 10.5 Å². The third kappa shape index (κ3) is 2.75. The molecule has 0 atom stereocenters. The Hall–Kier alpha value is -1.51. The molecule has 0 amide bonds. The van der Waals surface area contributed by atoms with Crippen LogP contribution in [0.1, 0.15) is 61.4 Å². The van der Waals surface area contributed by atoms with Crippen LogP contribution < -0.4 is 5.73 Å².